The van der Waals surface area contributed by atoms with Crippen LogP contribution in [0.2, 0.25) is 0 Å². The molecule has 0 amide bonds. The van der Waals surface area contributed by atoms with Crippen molar-refractivity contribution in [2.75, 3.05) is 0 Å². The molecule has 66 valence electrons. The van der Waals surface area contributed by atoms with Gasteiger partial charge in [0.05, 0.1) is 5.52 Å². The number of H-pyrrole nitrogens is 1. The fourth-order valence-electron chi connectivity index (χ4n) is 1.16. The molecule has 2 aromatic heterocycles. The van der Waals surface area contributed by atoms with Crippen LogP contribution in [0.25, 0.3) is 11.0 Å². The Kier molecular flexibility index (Phi) is 1.62. The van der Waals surface area contributed by atoms with E-state index in [2.05, 4.69) is 9.97 Å². The van der Waals surface area contributed by atoms with E-state index in [9.17, 15) is 9.18 Å². The topological polar surface area (TPSA) is 45.8 Å². The standard InChI is InChI=1S/C9H7FN2O/c1-5-4-11-6-2-3-7(13)12-9(6)8(5)10/h2-4H,1H3,(H,12,13). The lowest BCUT2D eigenvalue weighted by atomic mass is 10.2. The van der Waals surface area contributed by atoms with Gasteiger partial charge in [0.2, 0.25) is 5.56 Å². The van der Waals surface area contributed by atoms with Crippen molar-refractivity contribution in [2.45, 2.75) is 6.92 Å². The zero-order chi connectivity index (χ0) is 9.42. The highest BCUT2D eigenvalue weighted by atomic mass is 19.1. The van der Waals surface area contributed by atoms with E-state index in [0.29, 0.717) is 11.1 Å². The largest absolute Gasteiger partial charge is 0.318 e. The number of hydrogen-bond acceptors (Lipinski definition) is 2. The first-order chi connectivity index (χ1) is 6.18. The van der Waals surface area contributed by atoms with Crippen LogP contribution in [0.15, 0.2) is 23.1 Å². The van der Waals surface area contributed by atoms with Crippen LogP contribution in [-0.2, 0) is 0 Å². The predicted molar refractivity (Wildman–Crippen MR) is 47.1 cm³/mol. The molecule has 0 radical (unpaired) electrons. The summed E-state index contributed by atoms with van der Waals surface area (Å²) in [7, 11) is 0. The van der Waals surface area contributed by atoms with E-state index >= 15 is 0 Å². The molecule has 0 aromatic carbocycles. The normalized spacial score (nSPS) is 10.6. The summed E-state index contributed by atoms with van der Waals surface area (Å²) in [6.07, 6.45) is 1.44. The number of pyridine rings is 2. The molecular formula is C9H7FN2O. The summed E-state index contributed by atoms with van der Waals surface area (Å²) in [6, 6.07) is 2.82. The van der Waals surface area contributed by atoms with Gasteiger partial charge in [-0.05, 0) is 13.0 Å². The van der Waals surface area contributed by atoms with Gasteiger partial charge in [-0.1, -0.05) is 0 Å². The van der Waals surface area contributed by atoms with Gasteiger partial charge in [0.1, 0.15) is 5.52 Å². The van der Waals surface area contributed by atoms with Crippen LogP contribution in [0.3, 0.4) is 0 Å². The molecule has 0 unspecified atom stereocenters. The SMILES string of the molecule is Cc1cnc2ccc(=O)[nH]c2c1F. The minimum absolute atomic E-state index is 0.174. The molecule has 0 spiro atoms. The lowest BCUT2D eigenvalue weighted by Crippen LogP contribution is -2.05. The first-order valence-corrected chi connectivity index (χ1v) is 3.82. The van der Waals surface area contributed by atoms with Gasteiger partial charge in [0.15, 0.2) is 5.82 Å². The molecule has 0 aliphatic heterocycles. The summed E-state index contributed by atoms with van der Waals surface area (Å²) in [6.45, 7) is 1.60. The highest BCUT2D eigenvalue weighted by Gasteiger charge is 2.04. The Morgan fingerprint density at radius 1 is 1.46 bits per heavy atom. The molecule has 0 fully saturated rings. The Labute approximate surface area is 73.2 Å². The summed E-state index contributed by atoms with van der Waals surface area (Å²) in [4.78, 5) is 17.3. The molecule has 0 saturated carbocycles. The molecule has 0 bridgehead atoms. The van der Waals surface area contributed by atoms with Gasteiger partial charge in [-0.15, -0.1) is 0 Å². The van der Waals surface area contributed by atoms with Gasteiger partial charge in [-0.2, -0.15) is 0 Å². The minimum atomic E-state index is -0.414. The smallest absolute Gasteiger partial charge is 0.248 e. The minimum Gasteiger partial charge on any atom is -0.318 e. The molecule has 4 heteroatoms. The molecule has 13 heavy (non-hydrogen) atoms. The number of aryl methyl sites for hydroxylation is 1. The monoisotopic (exact) mass is 178 g/mol. The molecule has 2 heterocycles. The lowest BCUT2D eigenvalue weighted by molar-refractivity contribution is 0.625. The molecule has 0 aliphatic carbocycles. The number of hydrogen-bond donors (Lipinski definition) is 1. The van der Waals surface area contributed by atoms with Crippen molar-refractivity contribution >= 4 is 11.0 Å². The maximum atomic E-state index is 13.4. The summed E-state index contributed by atoms with van der Waals surface area (Å²) < 4.78 is 13.4. The van der Waals surface area contributed by atoms with Crippen LogP contribution < -0.4 is 5.56 Å². The summed E-state index contributed by atoms with van der Waals surface area (Å²) in [5, 5.41) is 0. The van der Waals surface area contributed by atoms with Gasteiger partial charge in [-0.25, -0.2) is 4.39 Å². The molecular weight excluding hydrogens is 171 g/mol. The fourth-order valence-corrected chi connectivity index (χ4v) is 1.16. The van der Waals surface area contributed by atoms with Crippen molar-refractivity contribution < 1.29 is 4.39 Å². The Morgan fingerprint density at radius 2 is 2.23 bits per heavy atom. The van der Waals surface area contributed by atoms with Crippen LogP contribution in [-0.4, -0.2) is 9.97 Å². The first kappa shape index (κ1) is 7.91. The summed E-state index contributed by atoms with van der Waals surface area (Å²) >= 11 is 0. The van der Waals surface area contributed by atoms with E-state index in [-0.39, 0.29) is 11.1 Å². The third-order valence-corrected chi connectivity index (χ3v) is 1.86. The van der Waals surface area contributed by atoms with E-state index in [1.807, 2.05) is 0 Å². The van der Waals surface area contributed by atoms with E-state index in [0.717, 1.165) is 0 Å². The maximum absolute atomic E-state index is 13.4. The van der Waals surface area contributed by atoms with Crippen molar-refractivity contribution in [3.63, 3.8) is 0 Å². The first-order valence-electron chi connectivity index (χ1n) is 3.82. The highest BCUT2D eigenvalue weighted by molar-refractivity contribution is 5.74. The Balaban J connectivity index is 2.97. The zero-order valence-electron chi connectivity index (χ0n) is 6.97. The quantitative estimate of drug-likeness (QED) is 0.662. The average molecular weight is 178 g/mol. The number of rotatable bonds is 0. The van der Waals surface area contributed by atoms with Gasteiger partial charge in [0, 0.05) is 17.8 Å². The van der Waals surface area contributed by atoms with E-state index in [1.54, 1.807) is 6.92 Å². The average Bonchev–Trinajstić information content (AvgIpc) is 2.12. The maximum Gasteiger partial charge on any atom is 0.248 e. The Morgan fingerprint density at radius 3 is 3.00 bits per heavy atom. The Bertz CT molecular complexity index is 518. The molecule has 2 rings (SSSR count). The molecule has 0 atom stereocenters. The zero-order valence-corrected chi connectivity index (χ0v) is 6.97. The molecule has 0 saturated heterocycles. The van der Waals surface area contributed by atoms with Crippen LogP contribution >= 0.6 is 0 Å². The number of aromatic nitrogens is 2. The second kappa shape index (κ2) is 2.65. The number of nitrogens with one attached hydrogen (secondary N) is 1. The third kappa shape index (κ3) is 1.20. The van der Waals surface area contributed by atoms with E-state index in [4.69, 9.17) is 0 Å². The van der Waals surface area contributed by atoms with Crippen LogP contribution in [0, 0.1) is 12.7 Å². The Hall–Kier alpha value is -1.71. The number of nitrogens with zero attached hydrogens (tertiary/aromatic N) is 1. The molecule has 3 nitrogen and oxygen atoms in total. The van der Waals surface area contributed by atoms with Gasteiger partial charge in [-0.3, -0.25) is 9.78 Å². The summed E-state index contributed by atoms with van der Waals surface area (Å²) in [5.41, 5.74) is 0.739. The predicted octanol–water partition coefficient (Wildman–Crippen LogP) is 1.37. The lowest BCUT2D eigenvalue weighted by Gasteiger charge is -1.99. The van der Waals surface area contributed by atoms with E-state index < -0.39 is 5.82 Å². The van der Waals surface area contributed by atoms with Gasteiger partial charge in [0.25, 0.3) is 0 Å². The number of aromatic amines is 1. The van der Waals surface area contributed by atoms with Crippen molar-refractivity contribution in [2.24, 2.45) is 0 Å². The highest BCUT2D eigenvalue weighted by Crippen LogP contribution is 2.13. The van der Waals surface area contributed by atoms with Crippen molar-refractivity contribution in [3.05, 3.63) is 40.1 Å². The van der Waals surface area contributed by atoms with Crippen LogP contribution in [0.5, 0.6) is 0 Å². The molecule has 0 aliphatic rings. The molecule has 2 aromatic rings. The van der Waals surface area contributed by atoms with Crippen molar-refractivity contribution in [3.8, 4) is 0 Å². The fraction of sp³-hybridized carbons (Fsp3) is 0.111. The van der Waals surface area contributed by atoms with Crippen molar-refractivity contribution in [1.29, 1.82) is 0 Å². The number of halogens is 1. The second-order valence-electron chi connectivity index (χ2n) is 2.84. The van der Waals surface area contributed by atoms with Gasteiger partial charge < -0.3 is 4.98 Å². The summed E-state index contributed by atoms with van der Waals surface area (Å²) in [5.74, 6) is -0.414. The third-order valence-electron chi connectivity index (χ3n) is 1.86. The second-order valence-corrected chi connectivity index (χ2v) is 2.84. The van der Waals surface area contributed by atoms with E-state index in [1.165, 1.54) is 18.3 Å². The van der Waals surface area contributed by atoms with Crippen molar-refractivity contribution in [1.82, 2.24) is 9.97 Å². The van der Waals surface area contributed by atoms with Crippen LogP contribution in [0.4, 0.5) is 4.39 Å². The van der Waals surface area contributed by atoms with Gasteiger partial charge >= 0.3 is 0 Å². The number of fused-ring (bicyclic) bond motifs is 1. The molecule has 1 N–H and O–H groups in total. The van der Waals surface area contributed by atoms with Crippen LogP contribution in [0.1, 0.15) is 5.56 Å².